The number of rotatable bonds is 9. The van der Waals surface area contributed by atoms with Crippen molar-refractivity contribution >= 4 is 11.8 Å². The molecule has 6 nitrogen and oxygen atoms in total. The maximum absolute atomic E-state index is 11.6. The molecule has 1 heterocycles. The Labute approximate surface area is 133 Å². The Balaban J connectivity index is 1.79. The first-order valence-electron chi connectivity index (χ1n) is 7.29. The lowest BCUT2D eigenvalue weighted by Crippen LogP contribution is -2.17. The minimum atomic E-state index is -0.146. The van der Waals surface area contributed by atoms with E-state index in [0.29, 0.717) is 13.2 Å². The Morgan fingerprint density at radius 1 is 1.27 bits per heavy atom. The number of thioether (sulfide) groups is 1. The van der Waals surface area contributed by atoms with Gasteiger partial charge in [-0.3, -0.25) is 4.57 Å². The van der Waals surface area contributed by atoms with Gasteiger partial charge in [0.05, 0.1) is 13.7 Å². The largest absolute Gasteiger partial charge is 0.497 e. The lowest BCUT2D eigenvalue weighted by Gasteiger charge is -2.07. The maximum atomic E-state index is 11.6. The molecule has 0 saturated carbocycles. The number of benzene rings is 1. The van der Waals surface area contributed by atoms with Crippen molar-refractivity contribution < 1.29 is 9.47 Å². The normalized spacial score (nSPS) is 10.6. The molecule has 1 aromatic heterocycles. The van der Waals surface area contributed by atoms with Crippen LogP contribution in [0.2, 0.25) is 0 Å². The zero-order chi connectivity index (χ0) is 15.8. The van der Waals surface area contributed by atoms with Crippen molar-refractivity contribution in [3.8, 4) is 11.5 Å². The van der Waals surface area contributed by atoms with Gasteiger partial charge in [0.25, 0.3) is 0 Å². The van der Waals surface area contributed by atoms with Crippen molar-refractivity contribution in [2.75, 3.05) is 19.5 Å². The molecule has 1 aromatic carbocycles. The number of nitrogens with zero attached hydrogens (tertiary/aromatic N) is 2. The van der Waals surface area contributed by atoms with Crippen LogP contribution in [-0.2, 0) is 6.54 Å². The number of aromatic nitrogens is 3. The van der Waals surface area contributed by atoms with Gasteiger partial charge in [-0.05, 0) is 30.7 Å². The molecule has 0 saturated heterocycles. The SMILES string of the molecule is CCCCn1c(SCCOc2ccc(OC)cc2)n[nH]c1=O. The molecule has 0 aliphatic rings. The molecule has 1 N–H and O–H groups in total. The molecular weight excluding hydrogens is 302 g/mol. The van der Waals surface area contributed by atoms with Crippen LogP contribution in [0.4, 0.5) is 0 Å². The summed E-state index contributed by atoms with van der Waals surface area (Å²) in [6.07, 6.45) is 2.01. The molecule has 2 aromatic rings. The second-order valence-corrected chi connectivity index (χ2v) is 5.75. The number of hydrogen-bond acceptors (Lipinski definition) is 5. The third-order valence-electron chi connectivity index (χ3n) is 3.10. The summed E-state index contributed by atoms with van der Waals surface area (Å²) in [6, 6.07) is 7.46. The van der Waals surface area contributed by atoms with E-state index in [4.69, 9.17) is 9.47 Å². The second kappa shape index (κ2) is 8.53. The van der Waals surface area contributed by atoms with Gasteiger partial charge in [0.2, 0.25) is 0 Å². The van der Waals surface area contributed by atoms with Gasteiger partial charge < -0.3 is 9.47 Å². The third kappa shape index (κ3) is 4.56. The van der Waals surface area contributed by atoms with E-state index in [1.165, 1.54) is 11.8 Å². The lowest BCUT2D eigenvalue weighted by molar-refractivity contribution is 0.342. The van der Waals surface area contributed by atoms with Crippen LogP contribution in [-0.4, -0.2) is 34.2 Å². The fraction of sp³-hybridized carbons (Fsp3) is 0.467. The first-order chi connectivity index (χ1) is 10.7. The minimum absolute atomic E-state index is 0.146. The van der Waals surface area contributed by atoms with Crippen LogP contribution >= 0.6 is 11.8 Å². The van der Waals surface area contributed by atoms with E-state index in [-0.39, 0.29) is 5.69 Å². The first-order valence-corrected chi connectivity index (χ1v) is 8.28. The standard InChI is InChI=1S/C15H21N3O3S/c1-3-4-9-18-14(19)16-17-15(18)22-11-10-21-13-7-5-12(20-2)6-8-13/h5-8H,3-4,9-11H2,1-2H3,(H,16,19). The molecule has 22 heavy (non-hydrogen) atoms. The number of hydrogen-bond donors (Lipinski definition) is 1. The van der Waals surface area contributed by atoms with Gasteiger partial charge in [-0.25, -0.2) is 9.89 Å². The summed E-state index contributed by atoms with van der Waals surface area (Å²) in [4.78, 5) is 11.6. The number of ether oxygens (including phenoxy) is 2. The topological polar surface area (TPSA) is 69.1 Å². The zero-order valence-corrected chi connectivity index (χ0v) is 13.7. The van der Waals surface area contributed by atoms with E-state index in [2.05, 4.69) is 17.1 Å². The molecule has 0 atom stereocenters. The maximum Gasteiger partial charge on any atom is 0.343 e. The van der Waals surface area contributed by atoms with Crippen LogP contribution < -0.4 is 15.2 Å². The molecule has 120 valence electrons. The van der Waals surface area contributed by atoms with E-state index in [1.54, 1.807) is 11.7 Å². The number of unbranched alkanes of at least 4 members (excludes halogenated alkanes) is 1. The molecule has 0 fully saturated rings. The fourth-order valence-electron chi connectivity index (χ4n) is 1.89. The van der Waals surface area contributed by atoms with Crippen molar-refractivity contribution in [3.05, 3.63) is 34.7 Å². The van der Waals surface area contributed by atoms with Crippen molar-refractivity contribution in [1.29, 1.82) is 0 Å². The average molecular weight is 323 g/mol. The molecule has 0 aliphatic heterocycles. The molecule has 0 unspecified atom stereocenters. The van der Waals surface area contributed by atoms with Crippen molar-refractivity contribution in [2.45, 2.75) is 31.5 Å². The van der Waals surface area contributed by atoms with Gasteiger partial charge in [-0.1, -0.05) is 25.1 Å². The van der Waals surface area contributed by atoms with Crippen LogP contribution in [0.3, 0.4) is 0 Å². The monoisotopic (exact) mass is 323 g/mol. The highest BCUT2D eigenvalue weighted by atomic mass is 32.2. The number of aromatic amines is 1. The van der Waals surface area contributed by atoms with Crippen molar-refractivity contribution in [3.63, 3.8) is 0 Å². The van der Waals surface area contributed by atoms with E-state index >= 15 is 0 Å². The first kappa shape index (κ1) is 16.5. The van der Waals surface area contributed by atoms with Gasteiger partial charge in [0.1, 0.15) is 11.5 Å². The molecular formula is C15H21N3O3S. The number of nitrogens with one attached hydrogen (secondary N) is 1. The smallest absolute Gasteiger partial charge is 0.343 e. The minimum Gasteiger partial charge on any atom is -0.497 e. The Morgan fingerprint density at radius 2 is 2.00 bits per heavy atom. The Hall–Kier alpha value is -1.89. The van der Waals surface area contributed by atoms with Crippen LogP contribution in [0.5, 0.6) is 11.5 Å². The summed E-state index contributed by atoms with van der Waals surface area (Å²) < 4.78 is 12.4. The van der Waals surface area contributed by atoms with E-state index in [0.717, 1.165) is 35.2 Å². The second-order valence-electron chi connectivity index (χ2n) is 4.69. The summed E-state index contributed by atoms with van der Waals surface area (Å²) in [7, 11) is 1.63. The summed E-state index contributed by atoms with van der Waals surface area (Å²) >= 11 is 1.52. The molecule has 0 radical (unpaired) electrons. The fourth-order valence-corrected chi connectivity index (χ4v) is 2.68. The molecule has 0 spiro atoms. The summed E-state index contributed by atoms with van der Waals surface area (Å²) in [5.41, 5.74) is -0.146. The van der Waals surface area contributed by atoms with Gasteiger partial charge in [0, 0.05) is 12.3 Å². The Kier molecular flexibility index (Phi) is 6.39. The summed E-state index contributed by atoms with van der Waals surface area (Å²) in [6.45, 7) is 3.35. The summed E-state index contributed by atoms with van der Waals surface area (Å²) in [5, 5.41) is 7.27. The quantitative estimate of drug-likeness (QED) is 0.567. The third-order valence-corrected chi connectivity index (χ3v) is 4.04. The van der Waals surface area contributed by atoms with Crippen molar-refractivity contribution in [1.82, 2.24) is 14.8 Å². The Morgan fingerprint density at radius 3 is 2.68 bits per heavy atom. The van der Waals surface area contributed by atoms with Gasteiger partial charge >= 0.3 is 5.69 Å². The van der Waals surface area contributed by atoms with E-state index < -0.39 is 0 Å². The molecule has 0 amide bonds. The molecule has 7 heteroatoms. The molecule has 0 aliphatic carbocycles. The average Bonchev–Trinajstić information content (AvgIpc) is 2.90. The van der Waals surface area contributed by atoms with E-state index in [1.807, 2.05) is 24.3 Å². The van der Waals surface area contributed by atoms with Crippen LogP contribution in [0.25, 0.3) is 0 Å². The van der Waals surface area contributed by atoms with Gasteiger partial charge in [-0.15, -0.1) is 5.10 Å². The van der Waals surface area contributed by atoms with Crippen LogP contribution in [0.15, 0.2) is 34.2 Å². The van der Waals surface area contributed by atoms with Crippen LogP contribution in [0, 0.1) is 0 Å². The van der Waals surface area contributed by atoms with Gasteiger partial charge in [0.15, 0.2) is 5.16 Å². The van der Waals surface area contributed by atoms with E-state index in [9.17, 15) is 4.79 Å². The predicted octanol–water partition coefficient (Wildman–Crippen LogP) is 2.55. The number of H-pyrrole nitrogens is 1. The predicted molar refractivity (Wildman–Crippen MR) is 87.0 cm³/mol. The highest BCUT2D eigenvalue weighted by molar-refractivity contribution is 7.99. The highest BCUT2D eigenvalue weighted by Crippen LogP contribution is 2.18. The highest BCUT2D eigenvalue weighted by Gasteiger charge is 2.08. The molecule has 0 bridgehead atoms. The lowest BCUT2D eigenvalue weighted by atomic mass is 10.3. The number of methoxy groups -OCH3 is 1. The van der Waals surface area contributed by atoms with Crippen molar-refractivity contribution in [2.24, 2.45) is 0 Å². The summed E-state index contributed by atoms with van der Waals surface area (Å²) in [5.74, 6) is 2.33. The Bertz CT molecular complexity index is 622. The molecule has 2 rings (SSSR count). The van der Waals surface area contributed by atoms with Gasteiger partial charge in [-0.2, -0.15) is 0 Å². The zero-order valence-electron chi connectivity index (χ0n) is 12.9. The van der Waals surface area contributed by atoms with Crippen LogP contribution in [0.1, 0.15) is 19.8 Å².